The number of nitrogens with zero attached hydrogens (tertiary/aromatic N) is 5. The van der Waals surface area contributed by atoms with E-state index in [4.69, 9.17) is 65.3 Å². The number of carbonyl (C=O) groups is 8. The predicted octanol–water partition coefficient (Wildman–Crippen LogP) is 7.45. The minimum Gasteiger partial charge on any atom is -0.545 e. The number of aldehydes is 1. The molecule has 38 heteroatoms. The number of hydrogen-bond acceptors (Lipinski definition) is 27. The van der Waals surface area contributed by atoms with Gasteiger partial charge in [0.1, 0.15) is 46.4 Å². The number of methoxy groups -OCH3 is 1. The maximum Gasteiger partial charge on any atom is 1.00 e. The number of carboxylic acid groups (broad SMARTS) is 3. The molecule has 7 aromatic rings. The molecular weight excluding hydrogens is 1880 g/mol. The summed E-state index contributed by atoms with van der Waals surface area (Å²) in [5, 5.41) is 87.5. The van der Waals surface area contributed by atoms with Gasteiger partial charge < -0.3 is 81.3 Å². The average molecular weight is 1980 g/mol. The SMILES string of the molecule is CCc1ccc(C=O)cc1.COC(=O)/C=C/C(=O)N(O)CCCCN.NCc1ccc(CCCCCCN(O)C(=O)/C=C/C(=O)O)cc1.O=C(O)c1cc(N=C=S)ccc1-c1c2ccc(=O)cc-2oc2cc(O)ccc12.O=C=O.[3H]I(C)F.[CH-]=CC(=O)N(O)CCCCN(Cc1ccc(CN)cc1)C(=S)Nc1ccc(-c2c3ccc(=O)cc-3oc3cc(O)ccc23)c(C(=O)[O-])c1.[Na+].[Na+]. The Hall–Kier alpha value is -12.0. The molecule has 2 heterocycles. The normalized spacial score (nSPS) is 10.4. The van der Waals surface area contributed by atoms with Crippen molar-refractivity contribution in [3.63, 3.8) is 0 Å². The van der Waals surface area contributed by atoms with E-state index in [0.717, 1.165) is 91.4 Å². The quantitative estimate of drug-likeness (QED) is 0.00152. The summed E-state index contributed by atoms with van der Waals surface area (Å²) in [5.41, 5.74) is 26.5. The van der Waals surface area contributed by atoms with Gasteiger partial charge in [-0.05, 0) is 194 Å². The predicted molar refractivity (Wildman–Crippen MR) is 499 cm³/mol. The van der Waals surface area contributed by atoms with Crippen molar-refractivity contribution in [2.45, 2.75) is 90.8 Å². The first-order valence-electron chi connectivity index (χ1n) is 40.2. The van der Waals surface area contributed by atoms with E-state index in [9.17, 15) is 81.6 Å². The van der Waals surface area contributed by atoms with Crippen LogP contribution in [0.2, 0.25) is 0 Å². The zero-order valence-corrected chi connectivity index (χ0v) is 80.6. The Morgan fingerprint density at radius 3 is 1.50 bits per heavy atom. The number of aliphatic carboxylic acids is 1. The fourth-order valence-electron chi connectivity index (χ4n) is 12.3. The van der Waals surface area contributed by atoms with Gasteiger partial charge in [0.05, 0.1) is 29.5 Å². The van der Waals surface area contributed by atoms with Gasteiger partial charge in [-0.15, -0.1) is 0 Å². The number of rotatable bonds is 33. The zero-order valence-electron chi connectivity index (χ0n) is 73.8. The Kier molecular flexibility index (Phi) is 52.4. The molecule has 14 N–H and O–H groups in total. The number of carboxylic acids is 3. The fourth-order valence-corrected chi connectivity index (χ4v) is 12.7. The summed E-state index contributed by atoms with van der Waals surface area (Å²) >= 11 is 7.86. The van der Waals surface area contributed by atoms with Crippen LogP contribution in [0.15, 0.2) is 236 Å². The van der Waals surface area contributed by atoms with E-state index in [2.05, 4.69) is 51.5 Å². The molecule has 7 aromatic carbocycles. The Morgan fingerprint density at radius 2 is 1.04 bits per heavy atom. The van der Waals surface area contributed by atoms with E-state index in [0.29, 0.717) is 146 Å². The van der Waals surface area contributed by atoms with Crippen LogP contribution in [0.5, 0.6) is 11.5 Å². The Labute approximate surface area is 825 Å². The Balaban J connectivity index is 0.000000457. The third-order valence-electron chi connectivity index (χ3n) is 18.8. The second-order valence-corrected chi connectivity index (χ2v) is 29.1. The molecule has 2 aliphatic carbocycles. The number of ether oxygens (including phenoxy) is 1. The number of isothiocyanates is 1. The van der Waals surface area contributed by atoms with E-state index < -0.39 is 63.2 Å². The molecule has 0 unspecified atom stereocenters. The zero-order chi connectivity index (χ0) is 96.7. The topological polar surface area (TPSA) is 520 Å². The van der Waals surface area contributed by atoms with Crippen molar-refractivity contribution >= 4 is 144 Å². The second-order valence-electron chi connectivity index (χ2n) is 27.7. The van der Waals surface area contributed by atoms with Crippen molar-refractivity contribution in [3.05, 3.63) is 284 Å². The number of halogens is 2. The number of thiocarbonyl (C=S) groups is 2. The summed E-state index contributed by atoms with van der Waals surface area (Å²) < 4.78 is 32.9. The molecule has 0 atom stereocenters. The molecule has 0 saturated carbocycles. The monoisotopic (exact) mass is 1980 g/mol. The number of benzene rings is 9. The van der Waals surface area contributed by atoms with Crippen molar-refractivity contribution in [3.8, 4) is 56.4 Å². The van der Waals surface area contributed by atoms with Gasteiger partial charge in [-0.2, -0.15) is 20.7 Å². The molecule has 0 bridgehead atoms. The maximum absolute atomic E-state index is 12.6. The number of esters is 1. The molecule has 0 radical (unpaired) electrons. The summed E-state index contributed by atoms with van der Waals surface area (Å²) in [6.45, 7) is 10.1. The third-order valence-corrected chi connectivity index (χ3v) is 19.2. The van der Waals surface area contributed by atoms with Crippen LogP contribution in [0.3, 0.4) is 0 Å². The van der Waals surface area contributed by atoms with Crippen molar-refractivity contribution in [2.75, 3.05) is 50.1 Å². The first-order valence-corrected chi connectivity index (χ1v) is 43.6. The van der Waals surface area contributed by atoms with Gasteiger partial charge in [-0.3, -0.25) is 46.0 Å². The molecule has 0 spiro atoms. The van der Waals surface area contributed by atoms with Crippen LogP contribution in [-0.4, -0.2) is 166 Å². The summed E-state index contributed by atoms with van der Waals surface area (Å²) in [5.74, 6) is -6.05. The maximum atomic E-state index is 12.6. The number of nitrogens with two attached hydrogens (primary N) is 3. The fraction of sp³-hybridized carbons (Fsp3) is 0.223. The number of phenolic OH excluding ortho intramolecular Hbond substituents is 2. The minimum absolute atomic E-state index is 0. The summed E-state index contributed by atoms with van der Waals surface area (Å²) in [7, 11) is 1.20. The van der Waals surface area contributed by atoms with E-state index >= 15 is 0 Å². The van der Waals surface area contributed by atoms with E-state index in [1.807, 2.05) is 65.6 Å². The number of phenols is 2. The number of aryl methyl sites for hydroxylation is 2. The van der Waals surface area contributed by atoms with Crippen molar-refractivity contribution < 1.29 is 165 Å². The van der Waals surface area contributed by atoms with Crippen LogP contribution >= 0.6 is 46.0 Å². The minimum atomic E-state index is -2.51. The van der Waals surface area contributed by atoms with E-state index in [1.165, 1.54) is 83.8 Å². The largest absolute Gasteiger partial charge is 1.00 e. The molecule has 32 nitrogen and oxygen atoms in total. The molecule has 3 amide bonds. The van der Waals surface area contributed by atoms with Crippen molar-refractivity contribution in [2.24, 2.45) is 22.2 Å². The number of aliphatic imine (C=N–C) groups is 1. The Bertz CT molecular complexity index is 5940. The van der Waals surface area contributed by atoms with E-state index in [1.54, 1.807) is 48.5 Å². The molecule has 0 saturated heterocycles. The van der Waals surface area contributed by atoms with Gasteiger partial charge in [0.15, 0.2) is 16.0 Å². The average Bonchev–Trinajstić information content (AvgIpc) is 0.750. The number of hydroxylamine groups is 6. The van der Waals surface area contributed by atoms with Crippen LogP contribution in [0.4, 0.5) is 14.2 Å². The van der Waals surface area contributed by atoms with Crippen molar-refractivity contribution in [1.29, 1.82) is 0.594 Å². The van der Waals surface area contributed by atoms with Crippen LogP contribution in [-0.2, 0) is 70.8 Å². The van der Waals surface area contributed by atoms with Gasteiger partial charge in [0, 0.05) is 144 Å². The summed E-state index contributed by atoms with van der Waals surface area (Å²) in [6, 6.07) is 50.6. The number of nitrogens with one attached hydrogen (secondary N) is 1. The number of alkyl halides is 1. The molecule has 2 aliphatic heterocycles. The van der Waals surface area contributed by atoms with Crippen molar-refractivity contribution in [1.82, 2.24) is 20.1 Å². The van der Waals surface area contributed by atoms with Gasteiger partial charge in [-0.1, -0.05) is 105 Å². The molecular formula is C94H97FIN9Na2O23S2. The smallest absolute Gasteiger partial charge is 0.545 e. The summed E-state index contributed by atoms with van der Waals surface area (Å²) in [4.78, 5) is 137. The standard InChI is InChI=1S/C36H33N4O7S.C21H11NO5S.C17H24N2O4.C9H16N2O4.C9H10O.CH4FI.CO2.2Na/c1-2-33(43)40(46)16-4-3-15-39(21-23-7-5-22(20-37)6-8-23)36(48)38-24-9-12-27(30(17-24)35(44)45)34-28-13-10-25(41)18-31(28)47-32-19-26(42)11-14-29(32)34;23-12-2-5-15-18(8-12)27-19-9-13(24)3-6-16(19)20(15)14-4-1-11(22-10-28)7-17(14)21(25)26;18-13-15-8-6-14(7-9-15)5-3-1-2-4-12-19(23)16(20)10-11-17(21)22;1-15-9(13)5-4-8(12)11(14)7-3-2-6-10;1-2-8-3-5-9(7-10)6-4-8;1-3-2;2-1-3;;/h1-2,5-14,17-19,41,46H,3-4,15-16,20-21,37H2,(H,38,48)(H,44,45);1-9,23H,(H,25,26);6-11,23H,1-5,12-13,18H2,(H,21,22);4-5,14H,2-3,6-7,10H2,1H3;3-7H,2H2,1H3;3H,1H3;;;/q-1;;;;;;;2*+1/p-1/b;;11-10+;5-4+;;;;;/i;;;;;3T;;;. The molecule has 4 aliphatic rings. The molecule has 0 fully saturated rings. The second kappa shape index (κ2) is 61.6. The number of aromatic carboxylic acids is 2. The molecule has 684 valence electrons. The first kappa shape index (κ1) is 112. The summed E-state index contributed by atoms with van der Waals surface area (Å²) in [6.07, 6.45) is 13.4. The first-order chi connectivity index (χ1) is 62.7. The Morgan fingerprint density at radius 1 is 0.591 bits per heavy atom. The number of amides is 3. The van der Waals surface area contributed by atoms with Gasteiger partial charge in [0.2, 0.25) is 0 Å². The number of hydrogen-bond donors (Lipinski definition) is 11. The van der Waals surface area contributed by atoms with Crippen LogP contribution < -0.4 is 97.6 Å². The molecule has 0 aromatic heterocycles. The number of aromatic hydroxyl groups is 2. The number of fused-ring (bicyclic) bond motifs is 4. The molecule has 11 rings (SSSR count). The number of carbonyl (C=O) groups excluding carboxylic acids is 8. The van der Waals surface area contributed by atoms with E-state index in [-0.39, 0.29) is 135 Å². The van der Waals surface area contributed by atoms with Crippen LogP contribution in [0.25, 0.3) is 66.8 Å². The van der Waals surface area contributed by atoms with Gasteiger partial charge in [0.25, 0.3) is 11.8 Å². The van der Waals surface area contributed by atoms with Gasteiger partial charge in [-0.25, -0.2) is 24.5 Å². The number of anilines is 1. The molecule has 132 heavy (non-hydrogen) atoms. The van der Waals surface area contributed by atoms with Gasteiger partial charge >= 0.3 is 113 Å². The third kappa shape index (κ3) is 38.1. The van der Waals surface area contributed by atoms with Crippen LogP contribution in [0.1, 0.15) is 117 Å². The van der Waals surface area contributed by atoms with Crippen LogP contribution in [0, 0.1) is 6.58 Å². The number of unbranched alkanes of at least 4 members (excludes halogenated alkanes) is 5.